The largest absolute Gasteiger partial charge is 0.371 e. The van der Waals surface area contributed by atoms with Crippen molar-refractivity contribution in [1.29, 1.82) is 0 Å². The number of rotatable bonds is 8. The monoisotopic (exact) mass is 271 g/mol. The van der Waals surface area contributed by atoms with E-state index in [-0.39, 0.29) is 12.1 Å². The molecule has 0 aromatic rings. The summed E-state index contributed by atoms with van der Waals surface area (Å²) in [7, 11) is 0. The molecule has 0 aromatic carbocycles. The molecule has 0 saturated heterocycles. The first-order valence-corrected chi connectivity index (χ1v) is 7.47. The molecule has 0 saturated carbocycles. The van der Waals surface area contributed by atoms with E-state index in [4.69, 9.17) is 20.2 Å². The van der Waals surface area contributed by atoms with Crippen LogP contribution in [0.1, 0.15) is 47.0 Å². The van der Waals surface area contributed by atoms with Crippen molar-refractivity contribution in [2.45, 2.75) is 65.2 Å². The lowest BCUT2D eigenvalue weighted by molar-refractivity contribution is -0.285. The lowest BCUT2D eigenvalue weighted by atomic mass is 9.84. The van der Waals surface area contributed by atoms with E-state index in [2.05, 4.69) is 26.8 Å². The molecule has 3 atom stereocenters. The fourth-order valence-electron chi connectivity index (χ4n) is 2.36. The van der Waals surface area contributed by atoms with Crippen LogP contribution in [0, 0.1) is 5.92 Å². The van der Waals surface area contributed by atoms with Gasteiger partial charge in [-0.05, 0) is 31.8 Å². The SMILES string of the molecule is CCOOCC1=C[C@@H](OC(CC)CC)[C@H](C)[C@@H](N)C1. The van der Waals surface area contributed by atoms with Gasteiger partial charge in [0.2, 0.25) is 0 Å². The van der Waals surface area contributed by atoms with Crippen LogP contribution in [0.5, 0.6) is 0 Å². The molecule has 0 heterocycles. The van der Waals surface area contributed by atoms with Gasteiger partial charge in [-0.15, -0.1) is 0 Å². The Balaban J connectivity index is 2.61. The van der Waals surface area contributed by atoms with Crippen LogP contribution in [-0.2, 0) is 14.5 Å². The maximum Gasteiger partial charge on any atom is 0.103 e. The van der Waals surface area contributed by atoms with Crippen LogP contribution in [0.15, 0.2) is 11.6 Å². The van der Waals surface area contributed by atoms with Gasteiger partial charge in [0.05, 0.1) is 18.8 Å². The molecule has 0 fully saturated rings. The zero-order chi connectivity index (χ0) is 14.3. The second-order valence-electron chi connectivity index (χ2n) is 5.26. The van der Waals surface area contributed by atoms with E-state index in [0.717, 1.165) is 19.3 Å². The molecular formula is C15H29NO3. The number of ether oxygens (including phenoxy) is 1. The molecule has 1 aliphatic carbocycles. The Bertz CT molecular complexity index is 277. The summed E-state index contributed by atoms with van der Waals surface area (Å²) >= 11 is 0. The Morgan fingerprint density at radius 1 is 1.26 bits per heavy atom. The van der Waals surface area contributed by atoms with Crippen molar-refractivity contribution < 1.29 is 14.5 Å². The molecule has 0 bridgehead atoms. The smallest absolute Gasteiger partial charge is 0.103 e. The maximum absolute atomic E-state index is 6.20. The van der Waals surface area contributed by atoms with Crippen LogP contribution in [0.3, 0.4) is 0 Å². The maximum atomic E-state index is 6.20. The third kappa shape index (κ3) is 5.22. The molecule has 1 rings (SSSR count). The first-order valence-electron chi connectivity index (χ1n) is 7.47. The van der Waals surface area contributed by atoms with Gasteiger partial charge in [-0.1, -0.05) is 26.8 Å². The highest BCUT2D eigenvalue weighted by Gasteiger charge is 2.29. The summed E-state index contributed by atoms with van der Waals surface area (Å²) in [5.41, 5.74) is 7.38. The van der Waals surface area contributed by atoms with Crippen molar-refractivity contribution in [1.82, 2.24) is 0 Å². The van der Waals surface area contributed by atoms with Crippen molar-refractivity contribution in [2.24, 2.45) is 11.7 Å². The molecule has 0 spiro atoms. The standard InChI is InChI=1S/C15H29NO3/c1-5-13(6-2)19-15-9-12(10-18-17-7-3)8-14(16)11(15)4/h9,11,13-15H,5-8,10,16H2,1-4H3/t11-,14+,15-/m1/s1. The molecule has 4 heteroatoms. The van der Waals surface area contributed by atoms with Gasteiger partial charge in [0, 0.05) is 12.0 Å². The second kappa shape index (κ2) is 8.69. The van der Waals surface area contributed by atoms with Crippen LogP contribution in [0.4, 0.5) is 0 Å². The fourth-order valence-corrected chi connectivity index (χ4v) is 2.36. The predicted octanol–water partition coefficient (Wildman–Crippen LogP) is 2.82. The molecule has 0 aliphatic heterocycles. The molecule has 4 nitrogen and oxygen atoms in total. The van der Waals surface area contributed by atoms with Crippen LogP contribution in [0.25, 0.3) is 0 Å². The third-order valence-corrected chi connectivity index (χ3v) is 3.80. The topological polar surface area (TPSA) is 53.7 Å². The number of hydrogen-bond donors (Lipinski definition) is 1. The molecule has 0 aromatic heterocycles. The lowest BCUT2D eigenvalue weighted by Gasteiger charge is -2.34. The van der Waals surface area contributed by atoms with Gasteiger partial charge < -0.3 is 10.5 Å². The van der Waals surface area contributed by atoms with Crippen LogP contribution in [0.2, 0.25) is 0 Å². The first kappa shape index (κ1) is 16.6. The Morgan fingerprint density at radius 3 is 2.53 bits per heavy atom. The minimum absolute atomic E-state index is 0.0916. The summed E-state index contributed by atoms with van der Waals surface area (Å²) in [6, 6.07) is 0.129. The molecule has 0 unspecified atom stereocenters. The summed E-state index contributed by atoms with van der Waals surface area (Å²) in [5.74, 6) is 0.344. The summed E-state index contributed by atoms with van der Waals surface area (Å²) in [6.45, 7) is 9.42. The van der Waals surface area contributed by atoms with E-state index < -0.39 is 0 Å². The van der Waals surface area contributed by atoms with Crippen molar-refractivity contribution in [2.75, 3.05) is 13.2 Å². The van der Waals surface area contributed by atoms with E-state index in [0.29, 0.717) is 25.2 Å². The van der Waals surface area contributed by atoms with E-state index in [1.165, 1.54) is 5.57 Å². The van der Waals surface area contributed by atoms with E-state index >= 15 is 0 Å². The van der Waals surface area contributed by atoms with E-state index in [1.54, 1.807) is 0 Å². The van der Waals surface area contributed by atoms with Gasteiger partial charge in [0.15, 0.2) is 0 Å². The summed E-state index contributed by atoms with van der Waals surface area (Å²) in [6.07, 6.45) is 5.50. The van der Waals surface area contributed by atoms with Gasteiger partial charge in [0.25, 0.3) is 0 Å². The summed E-state index contributed by atoms with van der Waals surface area (Å²) in [5, 5.41) is 0. The Morgan fingerprint density at radius 2 is 1.95 bits per heavy atom. The number of hydrogen-bond acceptors (Lipinski definition) is 4. The quantitative estimate of drug-likeness (QED) is 0.319. The van der Waals surface area contributed by atoms with Crippen molar-refractivity contribution in [3.05, 3.63) is 11.6 Å². The Kier molecular flexibility index (Phi) is 7.61. The second-order valence-corrected chi connectivity index (χ2v) is 5.26. The average Bonchev–Trinajstić information content (AvgIpc) is 2.41. The summed E-state index contributed by atoms with van der Waals surface area (Å²) < 4.78 is 6.16. The lowest BCUT2D eigenvalue weighted by Crippen LogP contribution is -2.42. The molecule has 1 aliphatic rings. The highest BCUT2D eigenvalue weighted by molar-refractivity contribution is 5.14. The van der Waals surface area contributed by atoms with Crippen LogP contribution >= 0.6 is 0 Å². The van der Waals surface area contributed by atoms with Crippen LogP contribution < -0.4 is 5.73 Å². The highest BCUT2D eigenvalue weighted by atomic mass is 17.2. The zero-order valence-electron chi connectivity index (χ0n) is 12.7. The van der Waals surface area contributed by atoms with Gasteiger partial charge >= 0.3 is 0 Å². The van der Waals surface area contributed by atoms with E-state index in [9.17, 15) is 0 Å². The normalized spacial score (nSPS) is 27.7. The molecule has 19 heavy (non-hydrogen) atoms. The number of nitrogens with two attached hydrogens (primary N) is 1. The van der Waals surface area contributed by atoms with Gasteiger partial charge in [-0.3, -0.25) is 0 Å². The molecule has 0 amide bonds. The third-order valence-electron chi connectivity index (χ3n) is 3.80. The fraction of sp³-hybridized carbons (Fsp3) is 0.867. The van der Waals surface area contributed by atoms with Crippen LogP contribution in [-0.4, -0.2) is 31.5 Å². The average molecular weight is 271 g/mol. The van der Waals surface area contributed by atoms with Gasteiger partial charge in [-0.25, -0.2) is 9.78 Å². The highest BCUT2D eigenvalue weighted by Crippen LogP contribution is 2.27. The summed E-state index contributed by atoms with van der Waals surface area (Å²) in [4.78, 5) is 10.1. The Labute approximate surface area is 117 Å². The molecule has 0 radical (unpaired) electrons. The van der Waals surface area contributed by atoms with Gasteiger partial charge in [-0.2, -0.15) is 0 Å². The molecular weight excluding hydrogens is 242 g/mol. The predicted molar refractivity (Wildman–Crippen MR) is 76.7 cm³/mol. The molecule has 112 valence electrons. The zero-order valence-corrected chi connectivity index (χ0v) is 12.7. The van der Waals surface area contributed by atoms with Crippen molar-refractivity contribution in [3.8, 4) is 0 Å². The Hall–Kier alpha value is -0.420. The van der Waals surface area contributed by atoms with Crippen molar-refractivity contribution >= 4 is 0 Å². The minimum atomic E-state index is 0.0916. The first-order chi connectivity index (χ1) is 9.12. The van der Waals surface area contributed by atoms with Crippen molar-refractivity contribution in [3.63, 3.8) is 0 Å². The van der Waals surface area contributed by atoms with Gasteiger partial charge in [0.1, 0.15) is 6.61 Å². The van der Waals surface area contributed by atoms with E-state index in [1.807, 2.05) is 6.92 Å². The minimum Gasteiger partial charge on any atom is -0.371 e. The molecule has 2 N–H and O–H groups in total.